The van der Waals surface area contributed by atoms with Gasteiger partial charge in [0, 0.05) is 19.1 Å². The minimum Gasteiger partial charge on any atom is -0.351 e. The maximum atomic E-state index is 13.1. The molecule has 1 aromatic carbocycles. The van der Waals surface area contributed by atoms with E-state index in [-0.39, 0.29) is 37.0 Å². The number of carbonyl (C=O) groups is 1. The first kappa shape index (κ1) is 21.7. The van der Waals surface area contributed by atoms with E-state index < -0.39 is 17.6 Å². The zero-order valence-electron chi connectivity index (χ0n) is 13.8. The van der Waals surface area contributed by atoms with Crippen molar-refractivity contribution < 1.29 is 22.4 Å². The van der Waals surface area contributed by atoms with Crippen molar-refractivity contribution in [3.8, 4) is 0 Å². The van der Waals surface area contributed by atoms with E-state index in [0.717, 1.165) is 38.1 Å². The van der Waals surface area contributed by atoms with Crippen molar-refractivity contribution in [1.29, 1.82) is 0 Å². The summed E-state index contributed by atoms with van der Waals surface area (Å²) in [6.07, 6.45) is -2.65. The Labute approximate surface area is 150 Å². The zero-order valence-corrected chi connectivity index (χ0v) is 14.6. The van der Waals surface area contributed by atoms with Crippen LogP contribution in [0.15, 0.2) is 18.2 Å². The number of nitrogens with zero attached hydrogens (tertiary/aromatic N) is 1. The van der Waals surface area contributed by atoms with Crippen LogP contribution >= 0.6 is 12.4 Å². The summed E-state index contributed by atoms with van der Waals surface area (Å²) in [6.45, 7) is 1.38. The largest absolute Gasteiger partial charge is 0.416 e. The highest BCUT2D eigenvalue weighted by Crippen LogP contribution is 2.32. The number of amides is 1. The molecule has 9 heteroatoms. The first-order valence-corrected chi connectivity index (χ1v) is 7.81. The Morgan fingerprint density at radius 2 is 2.08 bits per heavy atom. The molecule has 1 aliphatic heterocycles. The van der Waals surface area contributed by atoms with E-state index in [1.807, 2.05) is 11.9 Å². The number of likely N-dealkylation sites (tertiary alicyclic amines) is 1. The number of carbonyl (C=O) groups excluding carboxylic acids is 1. The van der Waals surface area contributed by atoms with Gasteiger partial charge in [0.2, 0.25) is 5.91 Å². The lowest BCUT2D eigenvalue weighted by Gasteiger charge is -2.31. The molecule has 0 spiro atoms. The van der Waals surface area contributed by atoms with Gasteiger partial charge < -0.3 is 10.6 Å². The van der Waals surface area contributed by atoms with Gasteiger partial charge in [0.25, 0.3) is 0 Å². The van der Waals surface area contributed by atoms with E-state index in [4.69, 9.17) is 0 Å². The molecule has 0 aromatic heterocycles. The van der Waals surface area contributed by atoms with Gasteiger partial charge in [0.1, 0.15) is 5.82 Å². The van der Waals surface area contributed by atoms with Crippen LogP contribution in [0.2, 0.25) is 0 Å². The lowest BCUT2D eigenvalue weighted by molar-refractivity contribution is -0.138. The first-order chi connectivity index (χ1) is 11.3. The van der Waals surface area contributed by atoms with Crippen LogP contribution in [0, 0.1) is 5.82 Å². The van der Waals surface area contributed by atoms with Crippen LogP contribution in [0.1, 0.15) is 24.0 Å². The number of benzene rings is 1. The Hall–Kier alpha value is -1.38. The Morgan fingerprint density at radius 3 is 2.72 bits per heavy atom. The molecule has 2 rings (SSSR count). The van der Waals surface area contributed by atoms with Gasteiger partial charge in [0.05, 0.1) is 12.1 Å². The van der Waals surface area contributed by atoms with Crippen LogP contribution < -0.4 is 10.6 Å². The Bertz CT molecular complexity index is 583. The number of hydrogen-bond donors (Lipinski definition) is 2. The molecule has 1 saturated heterocycles. The molecule has 1 fully saturated rings. The molecule has 0 radical (unpaired) electrons. The molecule has 0 aliphatic carbocycles. The molecule has 1 aliphatic rings. The van der Waals surface area contributed by atoms with E-state index >= 15 is 0 Å². The maximum absolute atomic E-state index is 13.1. The van der Waals surface area contributed by atoms with Crippen LogP contribution in [-0.4, -0.2) is 43.5 Å². The second-order valence-corrected chi connectivity index (χ2v) is 5.94. The second-order valence-electron chi connectivity index (χ2n) is 5.94. The van der Waals surface area contributed by atoms with Crippen molar-refractivity contribution in [1.82, 2.24) is 15.5 Å². The molecule has 4 nitrogen and oxygen atoms in total. The highest BCUT2D eigenvalue weighted by molar-refractivity contribution is 5.85. The Kier molecular flexibility index (Phi) is 8.11. The van der Waals surface area contributed by atoms with Gasteiger partial charge >= 0.3 is 6.18 Å². The molecule has 1 amide bonds. The van der Waals surface area contributed by atoms with E-state index in [0.29, 0.717) is 12.1 Å². The molecule has 2 N–H and O–H groups in total. The molecule has 1 heterocycles. The molecule has 1 aromatic rings. The summed E-state index contributed by atoms with van der Waals surface area (Å²) in [5.74, 6) is -1.30. The average Bonchev–Trinajstić information content (AvgIpc) is 2.53. The summed E-state index contributed by atoms with van der Waals surface area (Å²) >= 11 is 0. The number of piperidine rings is 1. The van der Waals surface area contributed by atoms with Gasteiger partial charge in [-0.3, -0.25) is 9.69 Å². The fourth-order valence-electron chi connectivity index (χ4n) is 2.85. The van der Waals surface area contributed by atoms with E-state index in [1.54, 1.807) is 0 Å². The van der Waals surface area contributed by atoms with Crippen molar-refractivity contribution >= 4 is 18.3 Å². The number of likely N-dealkylation sites (N-methyl/N-ethyl adjacent to an activating group) is 1. The molecule has 1 unspecified atom stereocenters. The summed E-state index contributed by atoms with van der Waals surface area (Å²) in [7, 11) is 1.86. The predicted octanol–water partition coefficient (Wildman–Crippen LogP) is 2.57. The monoisotopic (exact) mass is 383 g/mol. The normalized spacial score (nSPS) is 18.5. The fraction of sp³-hybridized carbons (Fsp3) is 0.562. The minimum atomic E-state index is -4.66. The van der Waals surface area contributed by atoms with Crippen LogP contribution in [0.3, 0.4) is 0 Å². The number of nitrogens with one attached hydrogen (secondary N) is 2. The van der Waals surface area contributed by atoms with E-state index in [1.165, 1.54) is 0 Å². The lowest BCUT2D eigenvalue weighted by atomic mass is 10.1. The molecule has 0 bridgehead atoms. The van der Waals surface area contributed by atoms with Gasteiger partial charge in [-0.05, 0) is 44.1 Å². The number of halogens is 5. The fourth-order valence-corrected chi connectivity index (χ4v) is 2.85. The predicted molar refractivity (Wildman–Crippen MR) is 89.0 cm³/mol. The van der Waals surface area contributed by atoms with Crippen LogP contribution in [0.5, 0.6) is 0 Å². The summed E-state index contributed by atoms with van der Waals surface area (Å²) in [5.41, 5.74) is -1.21. The topological polar surface area (TPSA) is 44.4 Å². The van der Waals surface area contributed by atoms with E-state index in [9.17, 15) is 22.4 Å². The van der Waals surface area contributed by atoms with Gasteiger partial charge in [0.15, 0.2) is 0 Å². The highest BCUT2D eigenvalue weighted by Gasteiger charge is 2.33. The first-order valence-electron chi connectivity index (χ1n) is 7.81. The molecular weight excluding hydrogens is 362 g/mol. The highest BCUT2D eigenvalue weighted by atomic mass is 35.5. The van der Waals surface area contributed by atoms with Crippen LogP contribution in [-0.2, 0) is 17.5 Å². The molecule has 1 atom stereocenters. The standard InChI is InChI=1S/C16H21F4N3O.ClH/c1-21-13-3-2-6-23(9-13)10-15(24)22-8-11-4-5-12(17)7-14(11)16(18,19)20;/h4-5,7,13,21H,2-3,6,8-10H2,1H3,(H,22,24);1H. The van der Waals surface area contributed by atoms with Crippen molar-refractivity contribution in [2.75, 3.05) is 26.7 Å². The third-order valence-corrected chi connectivity index (χ3v) is 4.13. The van der Waals surface area contributed by atoms with Crippen molar-refractivity contribution in [3.05, 3.63) is 35.1 Å². The number of alkyl halides is 3. The van der Waals surface area contributed by atoms with Crippen LogP contribution in [0.4, 0.5) is 17.6 Å². The van der Waals surface area contributed by atoms with Crippen molar-refractivity contribution in [2.24, 2.45) is 0 Å². The van der Waals surface area contributed by atoms with E-state index in [2.05, 4.69) is 10.6 Å². The lowest BCUT2D eigenvalue weighted by Crippen LogP contribution is -2.47. The van der Waals surface area contributed by atoms with Crippen molar-refractivity contribution in [2.45, 2.75) is 31.6 Å². The SMILES string of the molecule is CNC1CCCN(CC(=O)NCc2ccc(F)cc2C(F)(F)F)C1.Cl. The van der Waals surface area contributed by atoms with Crippen LogP contribution in [0.25, 0.3) is 0 Å². The summed E-state index contributed by atoms with van der Waals surface area (Å²) in [4.78, 5) is 13.9. The molecule has 0 saturated carbocycles. The second kappa shape index (κ2) is 9.35. The Morgan fingerprint density at radius 1 is 1.36 bits per heavy atom. The van der Waals surface area contributed by atoms with Gasteiger partial charge in [-0.1, -0.05) is 6.07 Å². The third-order valence-electron chi connectivity index (χ3n) is 4.13. The number of rotatable bonds is 5. The smallest absolute Gasteiger partial charge is 0.351 e. The zero-order chi connectivity index (χ0) is 17.7. The summed E-state index contributed by atoms with van der Waals surface area (Å²) < 4.78 is 51.8. The summed E-state index contributed by atoms with van der Waals surface area (Å²) in [6, 6.07) is 2.78. The number of hydrogen-bond acceptors (Lipinski definition) is 3. The van der Waals surface area contributed by atoms with Gasteiger partial charge in [-0.2, -0.15) is 13.2 Å². The molecule has 142 valence electrons. The van der Waals surface area contributed by atoms with Gasteiger partial charge in [-0.25, -0.2) is 4.39 Å². The summed E-state index contributed by atoms with van der Waals surface area (Å²) in [5, 5.41) is 5.65. The average molecular weight is 384 g/mol. The Balaban J connectivity index is 0.00000312. The molecular formula is C16H22ClF4N3O. The van der Waals surface area contributed by atoms with Gasteiger partial charge in [-0.15, -0.1) is 12.4 Å². The maximum Gasteiger partial charge on any atom is 0.416 e. The third kappa shape index (κ3) is 6.45. The van der Waals surface area contributed by atoms with Crippen molar-refractivity contribution in [3.63, 3.8) is 0 Å². The minimum absolute atomic E-state index is 0. The quantitative estimate of drug-likeness (QED) is 0.768. The molecule has 25 heavy (non-hydrogen) atoms.